The number of rotatable bonds is 5. The average Bonchev–Trinajstić information content (AvgIpc) is 2.87. The minimum atomic E-state index is -1.09. The Morgan fingerprint density at radius 1 is 1.08 bits per heavy atom. The van der Waals surface area contributed by atoms with E-state index in [2.05, 4.69) is 0 Å². The van der Waals surface area contributed by atoms with Crippen molar-refractivity contribution in [1.29, 1.82) is 0 Å². The lowest BCUT2D eigenvalue weighted by Crippen LogP contribution is -2.56. The summed E-state index contributed by atoms with van der Waals surface area (Å²) in [5.74, 6) is -2.08. The highest BCUT2D eigenvalue weighted by atomic mass is 16.7. The van der Waals surface area contributed by atoms with Crippen LogP contribution >= 0.6 is 0 Å². The molecule has 0 aliphatic carbocycles. The molecule has 2 aliphatic heterocycles. The van der Waals surface area contributed by atoms with Crippen LogP contribution in [0.25, 0.3) is 0 Å². The van der Waals surface area contributed by atoms with E-state index in [0.717, 1.165) is 5.57 Å². The summed E-state index contributed by atoms with van der Waals surface area (Å²) in [5.41, 5.74) is 0.784. The molecule has 9 nitrogen and oxygen atoms in total. The third-order valence-electron chi connectivity index (χ3n) is 8.20. The zero-order valence-electron chi connectivity index (χ0n) is 24.9. The number of hydrogen-bond acceptors (Lipinski definition) is 9. The van der Waals surface area contributed by atoms with Crippen molar-refractivity contribution in [2.75, 3.05) is 20.7 Å². The van der Waals surface area contributed by atoms with Gasteiger partial charge in [0.05, 0.1) is 31.3 Å². The molecule has 1 saturated heterocycles. The Kier molecular flexibility index (Phi) is 13.3. The van der Waals surface area contributed by atoms with Gasteiger partial charge in [0.25, 0.3) is 0 Å². The second-order valence-electron chi connectivity index (χ2n) is 11.8. The van der Waals surface area contributed by atoms with Gasteiger partial charge in [0.15, 0.2) is 12.1 Å². The van der Waals surface area contributed by atoms with Crippen molar-refractivity contribution in [3.05, 3.63) is 23.8 Å². The molecule has 9 heteroatoms. The topological polar surface area (TPSA) is 126 Å². The molecule has 0 unspecified atom stereocenters. The van der Waals surface area contributed by atoms with Crippen LogP contribution in [0.3, 0.4) is 0 Å². The van der Waals surface area contributed by atoms with E-state index in [1.807, 2.05) is 59.7 Å². The van der Waals surface area contributed by atoms with Gasteiger partial charge >= 0.3 is 5.97 Å². The lowest BCUT2D eigenvalue weighted by molar-refractivity contribution is -0.282. The first-order valence-corrected chi connectivity index (χ1v) is 14.3. The van der Waals surface area contributed by atoms with Crippen LogP contribution < -0.4 is 0 Å². The lowest BCUT2D eigenvalue weighted by atomic mass is 9.82. The van der Waals surface area contributed by atoms with Crippen molar-refractivity contribution in [2.45, 2.75) is 110 Å². The maximum Gasteiger partial charge on any atom is 0.308 e. The molecular formula is C30H51NO8. The molecule has 0 aromatic heterocycles. The van der Waals surface area contributed by atoms with E-state index in [0.29, 0.717) is 19.3 Å². The summed E-state index contributed by atoms with van der Waals surface area (Å²) in [6.07, 6.45) is 2.20. The largest absolute Gasteiger partial charge is 0.462 e. The van der Waals surface area contributed by atoms with E-state index in [-0.39, 0.29) is 42.8 Å². The molecule has 2 rings (SSSR count). The number of cyclic esters (lactones) is 1. The van der Waals surface area contributed by atoms with Gasteiger partial charge in [0, 0.05) is 23.8 Å². The summed E-state index contributed by atoms with van der Waals surface area (Å²) < 4.78 is 18.1. The molecule has 0 bridgehead atoms. The Morgan fingerprint density at radius 2 is 1.74 bits per heavy atom. The molecule has 2 aliphatic rings. The van der Waals surface area contributed by atoms with Crippen LogP contribution in [0.1, 0.15) is 67.2 Å². The number of ketones is 1. The summed E-state index contributed by atoms with van der Waals surface area (Å²) in [4.78, 5) is 27.8. The first kappa shape index (κ1) is 33.6. The third kappa shape index (κ3) is 9.47. The molecular weight excluding hydrogens is 502 g/mol. The smallest absolute Gasteiger partial charge is 0.308 e. The number of esters is 1. The van der Waals surface area contributed by atoms with Gasteiger partial charge in [-0.15, -0.1) is 0 Å². The predicted molar refractivity (Wildman–Crippen MR) is 149 cm³/mol. The molecule has 0 aromatic carbocycles. The number of aliphatic hydroxyl groups is 3. The number of allylic oxidation sites excluding steroid dienone is 3. The Balaban J connectivity index is 2.40. The van der Waals surface area contributed by atoms with Crippen LogP contribution in [0, 0.1) is 23.7 Å². The fraction of sp³-hybridized carbons (Fsp3) is 0.800. The number of hydrogen-bond donors (Lipinski definition) is 3. The van der Waals surface area contributed by atoms with Crippen molar-refractivity contribution in [3.8, 4) is 0 Å². The van der Waals surface area contributed by atoms with Gasteiger partial charge < -0.3 is 34.4 Å². The molecule has 224 valence electrons. The number of aliphatic hydroxyl groups excluding tert-OH is 3. The van der Waals surface area contributed by atoms with Crippen LogP contribution in [-0.4, -0.2) is 95.5 Å². The Morgan fingerprint density at radius 3 is 2.33 bits per heavy atom. The van der Waals surface area contributed by atoms with Crippen molar-refractivity contribution in [2.24, 2.45) is 23.7 Å². The lowest BCUT2D eigenvalue weighted by Gasteiger charge is -2.44. The fourth-order valence-electron chi connectivity index (χ4n) is 5.71. The predicted octanol–water partition coefficient (Wildman–Crippen LogP) is 2.86. The maximum atomic E-state index is 13.0. The summed E-state index contributed by atoms with van der Waals surface area (Å²) >= 11 is 0. The molecule has 3 N–H and O–H groups in total. The minimum absolute atomic E-state index is 0.0390. The zero-order chi connectivity index (χ0) is 29.4. The van der Waals surface area contributed by atoms with Crippen LogP contribution in [0.5, 0.6) is 0 Å². The van der Waals surface area contributed by atoms with Gasteiger partial charge in [0.1, 0.15) is 12.2 Å². The van der Waals surface area contributed by atoms with Crippen molar-refractivity contribution >= 4 is 11.8 Å². The van der Waals surface area contributed by atoms with Crippen LogP contribution in [0.4, 0.5) is 0 Å². The van der Waals surface area contributed by atoms with Crippen molar-refractivity contribution in [1.82, 2.24) is 4.90 Å². The van der Waals surface area contributed by atoms with Gasteiger partial charge in [-0.05, 0) is 59.2 Å². The van der Waals surface area contributed by atoms with E-state index in [4.69, 9.17) is 14.2 Å². The molecule has 0 amide bonds. The van der Waals surface area contributed by atoms with E-state index in [1.54, 1.807) is 19.1 Å². The maximum absolute atomic E-state index is 13.0. The molecule has 11 atom stereocenters. The first-order chi connectivity index (χ1) is 18.3. The van der Waals surface area contributed by atoms with Crippen molar-refractivity contribution < 1.29 is 39.1 Å². The summed E-state index contributed by atoms with van der Waals surface area (Å²) in [7, 11) is 3.80. The highest BCUT2D eigenvalue weighted by Crippen LogP contribution is 2.32. The molecule has 2 heterocycles. The highest BCUT2D eigenvalue weighted by Gasteiger charge is 2.42. The monoisotopic (exact) mass is 553 g/mol. The van der Waals surface area contributed by atoms with Gasteiger partial charge in [-0.3, -0.25) is 9.59 Å². The van der Waals surface area contributed by atoms with E-state index < -0.39 is 48.5 Å². The molecule has 0 spiro atoms. The SMILES string of the molecule is CC[C@H]1OC(=O)C[C@@H](O)[C@H](C)[C@@H](O[C@@H]2O[C@H](C)C[C@H](N(C)C)[C@H]2O)[C@@H](C)C[C@@H](C)C(=O)/C=C/C(C)=C/[C@@H]1CO. The molecule has 1 fully saturated rings. The zero-order valence-corrected chi connectivity index (χ0v) is 24.9. The van der Waals surface area contributed by atoms with Gasteiger partial charge in [-0.1, -0.05) is 45.4 Å². The quantitative estimate of drug-likeness (QED) is 0.441. The number of ether oxygens (including phenoxy) is 3. The standard InChI is InChI=1S/C30H51NO8/c1-9-26-22(16-32)12-17(2)10-11-24(33)18(3)13-19(4)29(21(6)25(34)15-27(35)38-26)39-30-28(36)23(31(7)8)14-20(5)37-30/h10-12,18-23,25-26,28-30,32,34,36H,9,13-16H2,1-8H3/b11-10+,17-12+/t18-,19+,20-,21+,22-,23+,25-,26-,28-,29+,30+/m1/s1. The highest BCUT2D eigenvalue weighted by molar-refractivity contribution is 5.91. The minimum Gasteiger partial charge on any atom is -0.462 e. The second-order valence-corrected chi connectivity index (χ2v) is 11.8. The molecule has 0 radical (unpaired) electrons. The number of carbonyl (C=O) groups excluding carboxylic acids is 2. The van der Waals surface area contributed by atoms with Crippen molar-refractivity contribution in [3.63, 3.8) is 0 Å². The third-order valence-corrected chi connectivity index (χ3v) is 8.20. The summed E-state index contributed by atoms with van der Waals surface area (Å²) in [6, 6.07) is -0.164. The fourth-order valence-corrected chi connectivity index (χ4v) is 5.71. The van der Waals surface area contributed by atoms with Gasteiger partial charge in [0.2, 0.25) is 0 Å². The van der Waals surface area contributed by atoms with E-state index in [1.165, 1.54) is 0 Å². The molecule has 39 heavy (non-hydrogen) atoms. The Bertz CT molecular complexity index is 858. The van der Waals surface area contributed by atoms with Crippen LogP contribution in [-0.2, 0) is 23.8 Å². The van der Waals surface area contributed by atoms with Gasteiger partial charge in [-0.2, -0.15) is 0 Å². The molecule has 0 saturated carbocycles. The second kappa shape index (κ2) is 15.4. The molecule has 0 aromatic rings. The van der Waals surface area contributed by atoms with Crippen LogP contribution in [0.2, 0.25) is 0 Å². The summed E-state index contributed by atoms with van der Waals surface area (Å²) in [5, 5.41) is 32.2. The summed E-state index contributed by atoms with van der Waals surface area (Å²) in [6.45, 7) is 11.0. The van der Waals surface area contributed by atoms with Gasteiger partial charge in [-0.25, -0.2) is 0 Å². The Labute approximate surface area is 234 Å². The Hall–Kier alpha value is -1.62. The normalized spacial score (nSPS) is 42.1. The first-order valence-electron chi connectivity index (χ1n) is 14.3. The number of nitrogens with zero attached hydrogens (tertiary/aromatic N) is 1. The number of likely N-dealkylation sites (N-methyl/N-ethyl adjacent to an activating group) is 1. The van der Waals surface area contributed by atoms with E-state index in [9.17, 15) is 24.9 Å². The number of carbonyl (C=O) groups is 2. The van der Waals surface area contributed by atoms with Crippen LogP contribution in [0.15, 0.2) is 23.8 Å². The average molecular weight is 554 g/mol. The van der Waals surface area contributed by atoms with E-state index >= 15 is 0 Å².